The van der Waals surface area contributed by atoms with E-state index in [0.29, 0.717) is 24.0 Å². The second kappa shape index (κ2) is 7.92. The highest BCUT2D eigenvalue weighted by Gasteiger charge is 2.29. The minimum atomic E-state index is -2.92. The lowest BCUT2D eigenvalue weighted by molar-refractivity contribution is -0.113. The molecule has 0 bridgehead atoms. The van der Waals surface area contributed by atoms with Gasteiger partial charge in [0.1, 0.15) is 0 Å². The van der Waals surface area contributed by atoms with Crippen LogP contribution in [0.4, 0.5) is 5.69 Å². The lowest BCUT2D eigenvalue weighted by atomic mass is 10.1. The van der Waals surface area contributed by atoms with Crippen molar-refractivity contribution >= 4 is 44.0 Å². The van der Waals surface area contributed by atoms with E-state index in [1.54, 1.807) is 0 Å². The van der Waals surface area contributed by atoms with Gasteiger partial charge in [-0.25, -0.2) is 8.42 Å². The van der Waals surface area contributed by atoms with Crippen molar-refractivity contribution in [2.24, 2.45) is 5.92 Å². The first-order valence-corrected chi connectivity index (χ1v) is 11.7. The van der Waals surface area contributed by atoms with E-state index in [0.717, 1.165) is 28.2 Å². The number of nitrogens with zero attached hydrogens (tertiary/aromatic N) is 2. The van der Waals surface area contributed by atoms with Gasteiger partial charge in [0.15, 0.2) is 9.84 Å². The number of hydrogen-bond acceptors (Lipinski definition) is 7. The van der Waals surface area contributed by atoms with Crippen molar-refractivity contribution < 1.29 is 17.6 Å². The van der Waals surface area contributed by atoms with E-state index < -0.39 is 9.84 Å². The summed E-state index contributed by atoms with van der Waals surface area (Å²) in [4.78, 5) is 12.3. The molecule has 28 heavy (non-hydrogen) atoms. The van der Waals surface area contributed by atoms with Crippen molar-refractivity contribution in [3.8, 4) is 0 Å². The first kappa shape index (κ1) is 18.9. The number of anilines is 1. The van der Waals surface area contributed by atoms with Crippen LogP contribution in [0.1, 0.15) is 12.3 Å². The Kier molecular flexibility index (Phi) is 5.36. The van der Waals surface area contributed by atoms with Crippen molar-refractivity contribution in [2.45, 2.75) is 18.1 Å². The third kappa shape index (κ3) is 4.53. The van der Waals surface area contributed by atoms with Gasteiger partial charge < -0.3 is 9.73 Å². The van der Waals surface area contributed by atoms with Crippen LogP contribution in [0.2, 0.25) is 0 Å². The Labute approximate surface area is 166 Å². The lowest BCUT2D eigenvalue weighted by Gasteiger charge is -2.07. The topological polar surface area (TPSA) is 102 Å². The largest absolute Gasteiger partial charge is 0.416 e. The molecule has 2 aromatic carbocycles. The van der Waals surface area contributed by atoms with E-state index in [2.05, 4.69) is 15.5 Å². The molecule has 9 heteroatoms. The van der Waals surface area contributed by atoms with Crippen LogP contribution in [-0.4, -0.2) is 41.8 Å². The van der Waals surface area contributed by atoms with Gasteiger partial charge in [-0.3, -0.25) is 4.79 Å². The van der Waals surface area contributed by atoms with Crippen LogP contribution in [-0.2, 0) is 21.1 Å². The predicted molar refractivity (Wildman–Crippen MR) is 108 cm³/mol. The lowest BCUT2D eigenvalue weighted by Crippen LogP contribution is -2.14. The highest BCUT2D eigenvalue weighted by atomic mass is 32.2. The number of rotatable bonds is 6. The number of amides is 1. The third-order valence-corrected chi connectivity index (χ3v) is 7.28. The number of thioether (sulfide) groups is 1. The molecule has 7 nitrogen and oxygen atoms in total. The SMILES string of the molecule is O=C(CSc1nnc(C[C@H]2CCS(=O)(=O)C2)o1)Nc1cccc2ccccc12. The maximum Gasteiger partial charge on any atom is 0.277 e. The van der Waals surface area contributed by atoms with Crippen LogP contribution >= 0.6 is 11.8 Å². The summed E-state index contributed by atoms with van der Waals surface area (Å²) >= 11 is 1.16. The zero-order valence-corrected chi connectivity index (χ0v) is 16.6. The minimum absolute atomic E-state index is 0.0259. The van der Waals surface area contributed by atoms with E-state index in [-0.39, 0.29) is 29.1 Å². The number of carbonyl (C=O) groups is 1. The third-order valence-electron chi connectivity index (χ3n) is 4.63. The van der Waals surface area contributed by atoms with Gasteiger partial charge in [-0.1, -0.05) is 48.2 Å². The van der Waals surface area contributed by atoms with Gasteiger partial charge in [-0.15, -0.1) is 10.2 Å². The second-order valence-electron chi connectivity index (χ2n) is 6.80. The van der Waals surface area contributed by atoms with Crippen LogP contribution in [0, 0.1) is 5.92 Å². The number of carbonyl (C=O) groups excluding carboxylic acids is 1. The van der Waals surface area contributed by atoms with E-state index in [9.17, 15) is 13.2 Å². The van der Waals surface area contributed by atoms with Gasteiger partial charge in [-0.2, -0.15) is 0 Å². The summed E-state index contributed by atoms with van der Waals surface area (Å²) in [5.41, 5.74) is 0.761. The molecule has 2 heterocycles. The monoisotopic (exact) mass is 417 g/mol. The first-order chi connectivity index (χ1) is 13.5. The Morgan fingerprint density at radius 2 is 2.00 bits per heavy atom. The molecular formula is C19H19N3O4S2. The van der Waals surface area contributed by atoms with Crippen LogP contribution < -0.4 is 5.32 Å². The second-order valence-corrected chi connectivity index (χ2v) is 9.95. The molecule has 1 aliphatic rings. The Morgan fingerprint density at radius 1 is 1.18 bits per heavy atom. The predicted octanol–water partition coefficient (Wildman–Crippen LogP) is 2.93. The standard InChI is InChI=1S/C19H19N3O4S2/c23-17(20-16-7-3-5-14-4-1-2-6-15(14)16)11-27-19-22-21-18(26-19)10-13-8-9-28(24,25)12-13/h1-7,13H,8-12H2,(H,20,23)/t13-/m1/s1. The van der Waals surface area contributed by atoms with Crippen molar-refractivity contribution in [1.29, 1.82) is 0 Å². The zero-order chi connectivity index (χ0) is 19.6. The summed E-state index contributed by atoms with van der Waals surface area (Å²) in [6.45, 7) is 0. The molecule has 3 aromatic rings. The Balaban J connectivity index is 1.32. The summed E-state index contributed by atoms with van der Waals surface area (Å²) in [6, 6.07) is 13.6. The van der Waals surface area contributed by atoms with Crippen molar-refractivity contribution in [3.63, 3.8) is 0 Å². The number of sulfone groups is 1. The van der Waals surface area contributed by atoms with E-state index in [1.165, 1.54) is 0 Å². The maximum absolute atomic E-state index is 12.3. The molecule has 0 spiro atoms. The summed E-state index contributed by atoms with van der Waals surface area (Å²) in [7, 11) is -2.92. The Morgan fingerprint density at radius 3 is 2.82 bits per heavy atom. The van der Waals surface area contributed by atoms with Crippen molar-refractivity contribution in [3.05, 3.63) is 48.4 Å². The molecule has 1 atom stereocenters. The number of benzene rings is 2. The normalized spacial score (nSPS) is 18.4. The van der Waals surface area contributed by atoms with Gasteiger partial charge in [0.25, 0.3) is 5.22 Å². The van der Waals surface area contributed by atoms with Crippen LogP contribution in [0.3, 0.4) is 0 Å². The molecule has 1 N–H and O–H groups in total. The smallest absolute Gasteiger partial charge is 0.277 e. The maximum atomic E-state index is 12.3. The fourth-order valence-corrected chi connectivity index (χ4v) is 5.75. The average Bonchev–Trinajstić information content (AvgIpc) is 3.26. The van der Waals surface area contributed by atoms with Crippen LogP contribution in [0.25, 0.3) is 10.8 Å². The Hall–Kier alpha value is -2.39. The molecule has 1 amide bonds. The number of aromatic nitrogens is 2. The summed E-state index contributed by atoms with van der Waals surface area (Å²) in [5, 5.41) is 13.2. The number of nitrogens with one attached hydrogen (secondary N) is 1. The molecule has 4 rings (SSSR count). The molecular weight excluding hydrogens is 398 g/mol. The molecule has 0 saturated carbocycles. The van der Waals surface area contributed by atoms with E-state index in [1.807, 2.05) is 42.5 Å². The molecule has 0 unspecified atom stereocenters. The van der Waals surface area contributed by atoms with Crippen molar-refractivity contribution in [1.82, 2.24) is 10.2 Å². The minimum Gasteiger partial charge on any atom is -0.416 e. The molecule has 0 aliphatic carbocycles. The van der Waals surface area contributed by atoms with Gasteiger partial charge in [0.05, 0.1) is 17.3 Å². The first-order valence-electron chi connectivity index (χ1n) is 8.92. The molecule has 1 fully saturated rings. The fourth-order valence-electron chi connectivity index (χ4n) is 3.31. The number of hydrogen-bond donors (Lipinski definition) is 1. The average molecular weight is 418 g/mol. The molecule has 146 valence electrons. The zero-order valence-electron chi connectivity index (χ0n) is 15.0. The van der Waals surface area contributed by atoms with Gasteiger partial charge in [-0.05, 0) is 23.8 Å². The molecule has 0 radical (unpaired) electrons. The highest BCUT2D eigenvalue weighted by Crippen LogP contribution is 2.25. The van der Waals surface area contributed by atoms with Crippen LogP contribution in [0.15, 0.2) is 52.1 Å². The van der Waals surface area contributed by atoms with Crippen molar-refractivity contribution in [2.75, 3.05) is 22.6 Å². The Bertz CT molecular complexity index is 1110. The quantitative estimate of drug-likeness (QED) is 0.615. The van der Waals surface area contributed by atoms with Crippen LogP contribution in [0.5, 0.6) is 0 Å². The molecule has 1 aromatic heterocycles. The van der Waals surface area contributed by atoms with Gasteiger partial charge >= 0.3 is 0 Å². The molecule has 1 saturated heterocycles. The highest BCUT2D eigenvalue weighted by molar-refractivity contribution is 7.99. The van der Waals surface area contributed by atoms with Gasteiger partial charge in [0, 0.05) is 17.5 Å². The molecule has 1 aliphatic heterocycles. The fraction of sp³-hybridized carbons (Fsp3) is 0.316. The summed E-state index contributed by atoms with van der Waals surface area (Å²) in [6.07, 6.45) is 1.08. The number of fused-ring (bicyclic) bond motifs is 1. The van der Waals surface area contributed by atoms with Gasteiger partial charge in [0.2, 0.25) is 11.8 Å². The summed E-state index contributed by atoms with van der Waals surface area (Å²) in [5.74, 6) is 0.815. The summed E-state index contributed by atoms with van der Waals surface area (Å²) < 4.78 is 28.6. The van der Waals surface area contributed by atoms with E-state index in [4.69, 9.17) is 4.42 Å². The van der Waals surface area contributed by atoms with E-state index >= 15 is 0 Å².